The minimum atomic E-state index is -3.12. The molecule has 27 heavy (non-hydrogen) atoms. The van der Waals surface area contributed by atoms with Gasteiger partial charge in [-0.05, 0) is 25.0 Å². The lowest BCUT2D eigenvalue weighted by Gasteiger charge is -2.32. The van der Waals surface area contributed by atoms with Gasteiger partial charge in [-0.3, -0.25) is 4.79 Å². The van der Waals surface area contributed by atoms with E-state index in [4.69, 9.17) is 11.1 Å². The van der Waals surface area contributed by atoms with Crippen LogP contribution in [0.4, 0.5) is 14.5 Å². The lowest BCUT2D eigenvalue weighted by atomic mass is 9.89. The molecule has 1 atom stereocenters. The molecule has 0 radical (unpaired) electrons. The van der Waals surface area contributed by atoms with Gasteiger partial charge in [0.1, 0.15) is 6.04 Å². The number of pyridine rings is 1. The average molecular weight is 390 g/mol. The third-order valence-electron chi connectivity index (χ3n) is 4.52. The molecule has 1 saturated carbocycles. The molecule has 0 aromatic carbocycles. The van der Waals surface area contributed by atoms with Crippen LogP contribution in [0.5, 0.6) is 0 Å². The number of aromatic nitrogens is 3. The molecule has 1 aliphatic carbocycles. The molecule has 140 valence electrons. The number of amides is 1. The molecule has 0 bridgehead atoms. The predicted molar refractivity (Wildman–Crippen MR) is 98.5 cm³/mol. The van der Waals surface area contributed by atoms with E-state index in [9.17, 15) is 13.6 Å². The van der Waals surface area contributed by atoms with E-state index in [2.05, 4.69) is 15.4 Å². The summed E-state index contributed by atoms with van der Waals surface area (Å²) in [6, 6.07) is 1.87. The van der Waals surface area contributed by atoms with E-state index < -0.39 is 17.9 Å². The molecule has 4 rings (SSSR count). The summed E-state index contributed by atoms with van der Waals surface area (Å²) in [6.45, 7) is 0. The van der Waals surface area contributed by atoms with Gasteiger partial charge in [0.2, 0.25) is 0 Å². The summed E-state index contributed by atoms with van der Waals surface area (Å²) in [6.07, 6.45) is 3.49. The zero-order valence-electron chi connectivity index (χ0n) is 14.1. The molecule has 3 aromatic heterocycles. The number of thiazole rings is 1. The van der Waals surface area contributed by atoms with Gasteiger partial charge >= 0.3 is 0 Å². The number of nitrogens with zero attached hydrogens (tertiary/aromatic N) is 3. The molecule has 3 aromatic rings. The highest BCUT2D eigenvalue weighted by Gasteiger charge is 2.45. The molecule has 1 fully saturated rings. The van der Waals surface area contributed by atoms with Gasteiger partial charge in [0.25, 0.3) is 11.8 Å². The second-order valence-corrected chi connectivity index (χ2v) is 7.29. The molecule has 0 aliphatic heterocycles. The zero-order valence-corrected chi connectivity index (χ0v) is 14.9. The maximum atomic E-state index is 14.0. The molecule has 0 spiro atoms. The van der Waals surface area contributed by atoms with Crippen molar-refractivity contribution in [3.05, 3.63) is 34.9 Å². The molecule has 7 nitrogen and oxygen atoms in total. The van der Waals surface area contributed by atoms with Crippen molar-refractivity contribution in [3.8, 4) is 11.3 Å². The normalized spacial score (nSPS) is 19.3. The number of nitrogen functional groups attached to an aromatic ring is 1. The molecule has 0 unspecified atom stereocenters. The van der Waals surface area contributed by atoms with E-state index in [-0.39, 0.29) is 30.0 Å². The van der Waals surface area contributed by atoms with Crippen molar-refractivity contribution in [1.82, 2.24) is 19.9 Å². The molecular formula is C17H16F2N6OS. The number of carbonyl (C=O) groups excluding carboxylic acids is 1. The van der Waals surface area contributed by atoms with Crippen molar-refractivity contribution in [3.63, 3.8) is 0 Å². The Balaban J connectivity index is 1.59. The highest BCUT2D eigenvalue weighted by Crippen LogP contribution is 2.32. The van der Waals surface area contributed by atoms with Gasteiger partial charge in [-0.15, -0.1) is 11.3 Å². The quantitative estimate of drug-likeness (QED) is 0.639. The van der Waals surface area contributed by atoms with Crippen LogP contribution in [0.2, 0.25) is 0 Å². The van der Waals surface area contributed by atoms with Gasteiger partial charge < -0.3 is 16.5 Å². The van der Waals surface area contributed by atoms with E-state index in [1.165, 1.54) is 0 Å². The van der Waals surface area contributed by atoms with Crippen molar-refractivity contribution in [2.24, 2.45) is 0 Å². The van der Waals surface area contributed by atoms with Crippen LogP contribution in [-0.4, -0.2) is 38.2 Å². The van der Waals surface area contributed by atoms with Crippen LogP contribution in [0.15, 0.2) is 29.9 Å². The zero-order chi connectivity index (χ0) is 19.2. The molecule has 4 N–H and O–H groups in total. The number of rotatable bonds is 3. The first kappa shape index (κ1) is 17.5. The number of anilines is 1. The van der Waals surface area contributed by atoms with E-state index in [1.54, 1.807) is 34.4 Å². The van der Waals surface area contributed by atoms with E-state index in [1.807, 2.05) is 0 Å². The van der Waals surface area contributed by atoms with Crippen molar-refractivity contribution in [1.29, 1.82) is 5.41 Å². The van der Waals surface area contributed by atoms with Crippen molar-refractivity contribution < 1.29 is 13.6 Å². The monoisotopic (exact) mass is 390 g/mol. The molecule has 10 heteroatoms. The van der Waals surface area contributed by atoms with Crippen LogP contribution in [0.1, 0.15) is 29.1 Å². The first-order chi connectivity index (χ1) is 12.8. The smallest absolute Gasteiger partial charge is 0.280 e. The van der Waals surface area contributed by atoms with Crippen LogP contribution in [0, 0.1) is 5.41 Å². The number of nitrogens with two attached hydrogens (primary N) is 1. The highest BCUT2D eigenvalue weighted by molar-refractivity contribution is 7.12. The van der Waals surface area contributed by atoms with Crippen LogP contribution in [0.3, 0.4) is 0 Å². The molecule has 0 saturated heterocycles. The summed E-state index contributed by atoms with van der Waals surface area (Å²) in [4.78, 5) is 16.7. The van der Waals surface area contributed by atoms with Crippen molar-refractivity contribution in [2.75, 3.05) is 5.73 Å². The molecular weight excluding hydrogens is 374 g/mol. The Labute approximate surface area is 156 Å². The van der Waals surface area contributed by atoms with Crippen LogP contribution < -0.4 is 11.1 Å². The fourth-order valence-corrected chi connectivity index (χ4v) is 3.86. The van der Waals surface area contributed by atoms with E-state index in [0.717, 1.165) is 16.9 Å². The second kappa shape index (κ2) is 6.38. The van der Waals surface area contributed by atoms with Gasteiger partial charge in [-0.2, -0.15) is 5.10 Å². The minimum Gasteiger partial charge on any atom is -0.399 e. The fourth-order valence-electron chi connectivity index (χ4n) is 3.14. The Morgan fingerprint density at radius 2 is 2.30 bits per heavy atom. The van der Waals surface area contributed by atoms with Gasteiger partial charge in [0.15, 0.2) is 5.01 Å². The fraction of sp³-hybridized carbons (Fsp3) is 0.294. The summed E-state index contributed by atoms with van der Waals surface area (Å²) < 4.78 is 29.7. The average Bonchev–Trinajstić information content (AvgIpc) is 3.24. The number of halogens is 2. The highest BCUT2D eigenvalue weighted by atomic mass is 32.1. The Morgan fingerprint density at radius 3 is 3.07 bits per heavy atom. The number of alkyl halides is 2. The van der Waals surface area contributed by atoms with Gasteiger partial charge in [-0.25, -0.2) is 18.3 Å². The Bertz CT molecular complexity index is 1040. The first-order valence-electron chi connectivity index (χ1n) is 8.30. The van der Waals surface area contributed by atoms with Gasteiger partial charge in [0, 0.05) is 35.0 Å². The maximum absolute atomic E-state index is 14.0. The third kappa shape index (κ3) is 3.16. The number of hydrogen-bond acceptors (Lipinski definition) is 6. The summed E-state index contributed by atoms with van der Waals surface area (Å²) >= 11 is 1.05. The van der Waals surface area contributed by atoms with Crippen LogP contribution in [-0.2, 0) is 0 Å². The van der Waals surface area contributed by atoms with Crippen molar-refractivity contribution >= 4 is 34.2 Å². The van der Waals surface area contributed by atoms with E-state index >= 15 is 0 Å². The lowest BCUT2D eigenvalue weighted by molar-refractivity contribution is -0.0312. The number of carbonyl (C=O) groups is 1. The number of fused-ring (bicyclic) bond motifs is 1. The summed E-state index contributed by atoms with van der Waals surface area (Å²) in [5.41, 5.74) is 8.15. The Hall–Kier alpha value is -2.88. The third-order valence-corrected chi connectivity index (χ3v) is 5.36. The van der Waals surface area contributed by atoms with Crippen LogP contribution >= 0.6 is 11.3 Å². The lowest BCUT2D eigenvalue weighted by Crippen LogP contribution is -2.54. The number of nitrogens with one attached hydrogen (secondary N) is 2. The number of hydrogen-bond donors (Lipinski definition) is 3. The minimum absolute atomic E-state index is 0.0578. The van der Waals surface area contributed by atoms with Gasteiger partial charge in [0.05, 0.1) is 17.4 Å². The SMILES string of the molecule is N=C1CCCC(F)(F)[C@@H]1NC(=O)c1nc(-c2cnn3ccc(N)cc23)cs1. The van der Waals surface area contributed by atoms with E-state index in [0.29, 0.717) is 16.9 Å². The largest absolute Gasteiger partial charge is 0.399 e. The first-order valence-corrected chi connectivity index (χ1v) is 9.18. The standard InChI is InChI=1S/C17H16F2N6OS/c18-17(19)4-1-2-11(21)14(17)24-15(26)16-23-12(8-27-16)10-7-22-25-5-3-9(20)6-13(10)25/h3,5-8,14,21H,1-2,4,20H2,(H,24,26)/t14-/m1/s1. The van der Waals surface area contributed by atoms with Gasteiger partial charge in [-0.1, -0.05) is 0 Å². The molecule has 3 heterocycles. The molecule has 1 aliphatic rings. The second-order valence-electron chi connectivity index (χ2n) is 6.43. The summed E-state index contributed by atoms with van der Waals surface area (Å²) in [7, 11) is 0. The Morgan fingerprint density at radius 1 is 1.48 bits per heavy atom. The van der Waals surface area contributed by atoms with Crippen molar-refractivity contribution in [2.45, 2.75) is 31.2 Å². The topological polar surface area (TPSA) is 109 Å². The Kier molecular flexibility index (Phi) is 4.14. The summed E-state index contributed by atoms with van der Waals surface area (Å²) in [5.74, 6) is -3.83. The predicted octanol–water partition coefficient (Wildman–Crippen LogP) is 2.98. The molecule has 1 amide bonds. The maximum Gasteiger partial charge on any atom is 0.280 e. The van der Waals surface area contributed by atoms with Crippen LogP contribution in [0.25, 0.3) is 16.8 Å². The summed E-state index contributed by atoms with van der Waals surface area (Å²) in [5, 5.41) is 16.0.